The lowest BCUT2D eigenvalue weighted by Gasteiger charge is -1.99. The molecule has 0 aromatic rings. The summed E-state index contributed by atoms with van der Waals surface area (Å²) in [5.74, 6) is -0.295. The molecule has 0 aromatic heterocycles. The van der Waals surface area contributed by atoms with E-state index in [0.717, 1.165) is 6.42 Å². The molecule has 0 heterocycles. The number of hydrogen-bond donors (Lipinski definition) is 2. The van der Waals surface area contributed by atoms with Gasteiger partial charge < -0.3 is 23.9 Å². The normalized spacial score (nSPS) is 11.3. The highest BCUT2D eigenvalue weighted by molar-refractivity contribution is 5.74. The van der Waals surface area contributed by atoms with E-state index >= 15 is 0 Å². The van der Waals surface area contributed by atoms with Crippen LogP contribution in [0.5, 0.6) is 0 Å². The molecule has 0 rings (SSSR count). The van der Waals surface area contributed by atoms with E-state index in [1.807, 2.05) is 0 Å². The molecule has 10 heavy (non-hydrogen) atoms. The van der Waals surface area contributed by atoms with Crippen molar-refractivity contribution in [3.63, 3.8) is 0 Å². The van der Waals surface area contributed by atoms with E-state index in [1.165, 1.54) is 0 Å². The Morgan fingerprint density at radius 3 is 2.60 bits per heavy atom. The summed E-state index contributed by atoms with van der Waals surface area (Å²) < 4.78 is 0. The molecule has 0 fully saturated rings. The van der Waals surface area contributed by atoms with Crippen LogP contribution in [0.4, 0.5) is 0 Å². The Bertz CT molecular complexity index is 116. The van der Waals surface area contributed by atoms with E-state index in [-0.39, 0.29) is 24.4 Å². The van der Waals surface area contributed by atoms with E-state index in [9.17, 15) is 4.79 Å². The molecule has 3 nitrogen and oxygen atoms in total. The second-order valence-electron chi connectivity index (χ2n) is 2.06. The highest BCUT2D eigenvalue weighted by Gasteiger charge is 2.06. The molecule has 0 aliphatic heterocycles. The number of halogens is 1. The number of amides is 1. The van der Waals surface area contributed by atoms with E-state index in [0.29, 0.717) is 6.42 Å². The molecule has 1 atom stereocenters. The molecule has 0 saturated carbocycles. The molecule has 0 bridgehead atoms. The largest absolute Gasteiger partial charge is 1.00 e. The molecular formula is C6H13ClN2O. The van der Waals surface area contributed by atoms with Gasteiger partial charge in [0.05, 0.1) is 12.5 Å². The fraction of sp³-hybridized carbons (Fsp3) is 0.500. The average molecular weight is 165 g/mol. The molecule has 4 heteroatoms. The van der Waals surface area contributed by atoms with Crippen molar-refractivity contribution in [1.29, 1.82) is 0 Å². The fourth-order valence-electron chi connectivity index (χ4n) is 0.604. The Morgan fingerprint density at radius 2 is 2.30 bits per heavy atom. The van der Waals surface area contributed by atoms with Gasteiger partial charge >= 0.3 is 0 Å². The summed E-state index contributed by atoms with van der Waals surface area (Å²) in [6.07, 6.45) is 2.84. The van der Waals surface area contributed by atoms with Gasteiger partial charge in [-0.1, -0.05) is 6.08 Å². The summed E-state index contributed by atoms with van der Waals surface area (Å²) >= 11 is 0. The molecule has 0 spiro atoms. The Morgan fingerprint density at radius 1 is 1.80 bits per heavy atom. The average Bonchev–Trinajstić information content (AvgIpc) is 1.63. The van der Waals surface area contributed by atoms with Crippen molar-refractivity contribution in [2.45, 2.75) is 18.9 Å². The van der Waals surface area contributed by atoms with E-state index < -0.39 is 0 Å². The van der Waals surface area contributed by atoms with Crippen LogP contribution in [-0.2, 0) is 4.79 Å². The lowest BCUT2D eigenvalue weighted by Crippen LogP contribution is -3.00. The van der Waals surface area contributed by atoms with Crippen molar-refractivity contribution in [1.82, 2.24) is 0 Å². The van der Waals surface area contributed by atoms with Gasteiger partial charge in [0, 0.05) is 6.42 Å². The van der Waals surface area contributed by atoms with Crippen molar-refractivity contribution in [3.8, 4) is 0 Å². The summed E-state index contributed by atoms with van der Waals surface area (Å²) in [5, 5.41) is 0. The van der Waals surface area contributed by atoms with Crippen LogP contribution >= 0.6 is 0 Å². The van der Waals surface area contributed by atoms with Crippen LogP contribution < -0.4 is 23.9 Å². The van der Waals surface area contributed by atoms with Gasteiger partial charge in [-0.05, 0) is 0 Å². The number of primary amides is 1. The van der Waals surface area contributed by atoms with Gasteiger partial charge in [0.1, 0.15) is 0 Å². The van der Waals surface area contributed by atoms with Gasteiger partial charge in [0.25, 0.3) is 0 Å². The zero-order valence-corrected chi connectivity index (χ0v) is 6.60. The first-order valence-electron chi connectivity index (χ1n) is 2.89. The van der Waals surface area contributed by atoms with E-state index in [4.69, 9.17) is 5.73 Å². The van der Waals surface area contributed by atoms with Gasteiger partial charge in [-0.25, -0.2) is 0 Å². The summed E-state index contributed by atoms with van der Waals surface area (Å²) in [5.41, 5.74) is 8.61. The van der Waals surface area contributed by atoms with Crippen LogP contribution in [-0.4, -0.2) is 11.9 Å². The standard InChI is InChI=1S/C6H12N2O.ClH/c1-2-3-5(7)4-6(8)9;/h2,5H,1,3-4,7H2,(H2,8,9);1H. The van der Waals surface area contributed by atoms with Crippen molar-refractivity contribution < 1.29 is 22.9 Å². The smallest absolute Gasteiger partial charge is 0.223 e. The van der Waals surface area contributed by atoms with Crippen LogP contribution in [0, 0.1) is 0 Å². The predicted octanol–water partition coefficient (Wildman–Crippen LogP) is -3.95. The monoisotopic (exact) mass is 164 g/mol. The summed E-state index contributed by atoms with van der Waals surface area (Å²) in [7, 11) is 0. The third-order valence-corrected chi connectivity index (χ3v) is 0.990. The third-order valence-electron chi connectivity index (χ3n) is 0.990. The molecule has 0 aliphatic carbocycles. The summed E-state index contributed by atoms with van der Waals surface area (Å²) in [6.45, 7) is 3.52. The highest BCUT2D eigenvalue weighted by atomic mass is 35.5. The zero-order chi connectivity index (χ0) is 7.28. The first-order valence-corrected chi connectivity index (χ1v) is 2.89. The number of nitrogens with two attached hydrogens (primary N) is 1. The van der Waals surface area contributed by atoms with Crippen LogP contribution in [0.25, 0.3) is 0 Å². The number of carbonyl (C=O) groups is 1. The maximum atomic E-state index is 10.2. The minimum atomic E-state index is -0.295. The van der Waals surface area contributed by atoms with Crippen molar-refractivity contribution in [2.75, 3.05) is 0 Å². The molecular weight excluding hydrogens is 152 g/mol. The van der Waals surface area contributed by atoms with Crippen molar-refractivity contribution in [2.24, 2.45) is 5.73 Å². The molecule has 5 N–H and O–H groups in total. The Kier molecular flexibility index (Phi) is 8.00. The van der Waals surface area contributed by atoms with Crippen molar-refractivity contribution >= 4 is 5.91 Å². The van der Waals surface area contributed by atoms with Crippen LogP contribution in [0.2, 0.25) is 0 Å². The molecule has 60 valence electrons. The quantitative estimate of drug-likeness (QED) is 0.409. The second kappa shape index (κ2) is 6.58. The van der Waals surface area contributed by atoms with E-state index in [1.54, 1.807) is 6.08 Å². The fourth-order valence-corrected chi connectivity index (χ4v) is 0.604. The molecule has 0 aliphatic rings. The second-order valence-corrected chi connectivity index (χ2v) is 2.06. The van der Waals surface area contributed by atoms with Crippen LogP contribution in [0.15, 0.2) is 12.7 Å². The predicted molar refractivity (Wildman–Crippen MR) is 35.3 cm³/mol. The molecule has 0 saturated heterocycles. The maximum absolute atomic E-state index is 10.2. The Labute approximate surface area is 66.9 Å². The molecule has 0 aromatic carbocycles. The minimum absolute atomic E-state index is 0. The van der Waals surface area contributed by atoms with Gasteiger partial charge in [-0.15, -0.1) is 6.58 Å². The summed E-state index contributed by atoms with van der Waals surface area (Å²) in [6, 6.07) is 0.0972. The topological polar surface area (TPSA) is 70.7 Å². The van der Waals surface area contributed by atoms with E-state index in [2.05, 4.69) is 12.3 Å². The van der Waals surface area contributed by atoms with Crippen molar-refractivity contribution in [3.05, 3.63) is 12.7 Å². The lowest BCUT2D eigenvalue weighted by molar-refractivity contribution is -0.417. The van der Waals surface area contributed by atoms with Gasteiger partial charge in [-0.2, -0.15) is 0 Å². The van der Waals surface area contributed by atoms with Crippen LogP contribution in [0.1, 0.15) is 12.8 Å². The number of carbonyl (C=O) groups excluding carboxylic acids is 1. The SMILES string of the molecule is C=CCC([NH3+])CC(N)=O.[Cl-]. The molecule has 1 unspecified atom stereocenters. The molecule has 1 amide bonds. The number of hydrogen-bond acceptors (Lipinski definition) is 1. The van der Waals surface area contributed by atoms with Gasteiger partial charge in [0.2, 0.25) is 5.91 Å². The lowest BCUT2D eigenvalue weighted by atomic mass is 10.1. The maximum Gasteiger partial charge on any atom is 0.223 e. The Balaban J connectivity index is 0. The minimum Gasteiger partial charge on any atom is -1.00 e. The zero-order valence-electron chi connectivity index (χ0n) is 5.85. The molecule has 0 radical (unpaired) electrons. The van der Waals surface area contributed by atoms with Gasteiger partial charge in [-0.3, -0.25) is 4.79 Å². The Hall–Kier alpha value is -0.540. The summed E-state index contributed by atoms with van der Waals surface area (Å²) in [4.78, 5) is 10.2. The highest BCUT2D eigenvalue weighted by Crippen LogP contribution is 1.90. The van der Waals surface area contributed by atoms with Gasteiger partial charge in [0.15, 0.2) is 0 Å². The third kappa shape index (κ3) is 7.46. The first kappa shape index (κ1) is 12.2. The number of quaternary nitrogens is 1. The number of rotatable bonds is 4. The van der Waals surface area contributed by atoms with Crippen LogP contribution in [0.3, 0.4) is 0 Å². The first-order chi connectivity index (χ1) is 4.16.